The van der Waals surface area contributed by atoms with Gasteiger partial charge >= 0.3 is 0 Å². The molecule has 108 valence electrons. The van der Waals surface area contributed by atoms with Crippen molar-refractivity contribution < 1.29 is 0 Å². The van der Waals surface area contributed by atoms with E-state index in [0.29, 0.717) is 5.41 Å². The van der Waals surface area contributed by atoms with Gasteiger partial charge in [-0.1, -0.05) is 27.7 Å². The zero-order valence-corrected chi connectivity index (χ0v) is 13.8. The largest absolute Gasteiger partial charge is 0.316 e. The Morgan fingerprint density at radius 1 is 1.28 bits per heavy atom. The van der Waals surface area contributed by atoms with E-state index in [-0.39, 0.29) is 0 Å². The highest BCUT2D eigenvalue weighted by Crippen LogP contribution is 2.40. The predicted octanol–water partition coefficient (Wildman–Crippen LogP) is 3.23. The number of hydrogen-bond acceptors (Lipinski definition) is 3. The van der Waals surface area contributed by atoms with Gasteiger partial charge in [-0.2, -0.15) is 11.8 Å². The van der Waals surface area contributed by atoms with Crippen LogP contribution in [0.25, 0.3) is 0 Å². The van der Waals surface area contributed by atoms with E-state index >= 15 is 0 Å². The second-order valence-electron chi connectivity index (χ2n) is 6.24. The molecule has 18 heavy (non-hydrogen) atoms. The van der Waals surface area contributed by atoms with E-state index in [1.54, 1.807) is 0 Å². The van der Waals surface area contributed by atoms with E-state index in [9.17, 15) is 0 Å². The monoisotopic (exact) mass is 272 g/mol. The summed E-state index contributed by atoms with van der Waals surface area (Å²) in [5.41, 5.74) is 0.542. The lowest BCUT2D eigenvalue weighted by Gasteiger charge is -2.40. The van der Waals surface area contributed by atoms with Gasteiger partial charge in [-0.05, 0) is 44.8 Å². The summed E-state index contributed by atoms with van der Waals surface area (Å²) >= 11 is 2.19. The molecule has 0 aromatic heterocycles. The number of nitrogens with one attached hydrogen (secondary N) is 1. The third-order valence-electron chi connectivity index (χ3n) is 4.34. The predicted molar refractivity (Wildman–Crippen MR) is 84.5 cm³/mol. The van der Waals surface area contributed by atoms with Gasteiger partial charge in [0.25, 0.3) is 0 Å². The molecule has 0 radical (unpaired) electrons. The van der Waals surface area contributed by atoms with E-state index in [2.05, 4.69) is 56.7 Å². The number of thioether (sulfide) groups is 1. The molecule has 2 unspecified atom stereocenters. The first-order valence-corrected chi connectivity index (χ1v) is 8.58. The molecule has 0 heterocycles. The quantitative estimate of drug-likeness (QED) is 0.766. The Morgan fingerprint density at radius 2 is 1.94 bits per heavy atom. The first-order valence-electron chi connectivity index (χ1n) is 7.53. The van der Waals surface area contributed by atoms with Gasteiger partial charge in [0, 0.05) is 23.6 Å². The Kier molecular flexibility index (Phi) is 7.04. The lowest BCUT2D eigenvalue weighted by atomic mass is 9.75. The fourth-order valence-corrected chi connectivity index (χ4v) is 4.64. The standard InChI is InChI=1S/C15H32N2S/c1-6-17(7-2)10-11-18-14-12-15(3,4)9-8-13(14)16-5/h13-14,16H,6-12H2,1-5H3. The summed E-state index contributed by atoms with van der Waals surface area (Å²) < 4.78 is 0. The molecule has 0 aliphatic heterocycles. The fraction of sp³-hybridized carbons (Fsp3) is 1.00. The van der Waals surface area contributed by atoms with Crippen molar-refractivity contribution in [3.63, 3.8) is 0 Å². The molecular formula is C15H32N2S. The summed E-state index contributed by atoms with van der Waals surface area (Å²) in [6.45, 7) is 13.0. The Labute approximate surface area is 118 Å². The highest BCUT2D eigenvalue weighted by Gasteiger charge is 2.34. The first kappa shape index (κ1) is 16.3. The summed E-state index contributed by atoms with van der Waals surface area (Å²) in [4.78, 5) is 2.52. The normalized spacial score (nSPS) is 27.7. The maximum Gasteiger partial charge on any atom is 0.0206 e. The van der Waals surface area contributed by atoms with Gasteiger partial charge in [-0.15, -0.1) is 0 Å². The van der Waals surface area contributed by atoms with E-state index in [1.165, 1.54) is 44.6 Å². The third-order valence-corrected chi connectivity index (χ3v) is 5.68. The Balaban J connectivity index is 2.37. The van der Waals surface area contributed by atoms with Gasteiger partial charge in [0.15, 0.2) is 0 Å². The highest BCUT2D eigenvalue weighted by molar-refractivity contribution is 8.00. The molecule has 1 aliphatic carbocycles. The molecule has 0 amide bonds. The van der Waals surface area contributed by atoms with E-state index in [4.69, 9.17) is 0 Å². The van der Waals surface area contributed by atoms with Crippen molar-refractivity contribution in [3.8, 4) is 0 Å². The molecule has 0 bridgehead atoms. The van der Waals surface area contributed by atoms with E-state index < -0.39 is 0 Å². The van der Waals surface area contributed by atoms with Crippen LogP contribution in [0.5, 0.6) is 0 Å². The maximum atomic E-state index is 3.52. The molecule has 1 rings (SSSR count). The Hall–Kier alpha value is 0.270. The van der Waals surface area contributed by atoms with Crippen molar-refractivity contribution in [3.05, 3.63) is 0 Å². The fourth-order valence-electron chi connectivity index (χ4n) is 2.90. The molecule has 1 aliphatic rings. The Bertz CT molecular complexity index is 227. The van der Waals surface area contributed by atoms with Gasteiger partial charge in [0.2, 0.25) is 0 Å². The van der Waals surface area contributed by atoms with Crippen LogP contribution in [-0.4, -0.2) is 48.6 Å². The van der Waals surface area contributed by atoms with Crippen LogP contribution >= 0.6 is 11.8 Å². The van der Waals surface area contributed by atoms with Crippen LogP contribution in [0, 0.1) is 5.41 Å². The van der Waals surface area contributed by atoms with E-state index in [0.717, 1.165) is 11.3 Å². The molecule has 2 nitrogen and oxygen atoms in total. The van der Waals surface area contributed by atoms with Crippen LogP contribution in [0.1, 0.15) is 47.0 Å². The van der Waals surface area contributed by atoms with Crippen molar-refractivity contribution >= 4 is 11.8 Å². The third kappa shape index (κ3) is 5.10. The van der Waals surface area contributed by atoms with Crippen molar-refractivity contribution in [2.75, 3.05) is 32.4 Å². The second-order valence-corrected chi connectivity index (χ2v) is 7.59. The lowest BCUT2D eigenvalue weighted by molar-refractivity contribution is 0.218. The van der Waals surface area contributed by atoms with Crippen molar-refractivity contribution in [1.29, 1.82) is 0 Å². The summed E-state index contributed by atoms with van der Waals surface area (Å²) in [5, 5.41) is 4.32. The average Bonchev–Trinajstić information content (AvgIpc) is 2.34. The number of nitrogens with zero attached hydrogens (tertiary/aromatic N) is 1. The van der Waals surface area contributed by atoms with Crippen LogP contribution in [0.2, 0.25) is 0 Å². The molecule has 1 saturated carbocycles. The zero-order chi connectivity index (χ0) is 13.6. The van der Waals surface area contributed by atoms with Crippen LogP contribution in [0.4, 0.5) is 0 Å². The topological polar surface area (TPSA) is 15.3 Å². The van der Waals surface area contributed by atoms with Crippen molar-refractivity contribution in [2.24, 2.45) is 5.41 Å². The minimum Gasteiger partial charge on any atom is -0.316 e. The van der Waals surface area contributed by atoms with Gasteiger partial charge < -0.3 is 10.2 Å². The van der Waals surface area contributed by atoms with Gasteiger partial charge in [-0.3, -0.25) is 0 Å². The zero-order valence-electron chi connectivity index (χ0n) is 13.0. The molecule has 0 aromatic carbocycles. The summed E-state index contributed by atoms with van der Waals surface area (Å²) in [6.07, 6.45) is 4.07. The average molecular weight is 273 g/mol. The Morgan fingerprint density at radius 3 is 2.50 bits per heavy atom. The minimum absolute atomic E-state index is 0.542. The summed E-state index contributed by atoms with van der Waals surface area (Å²) in [7, 11) is 2.13. The highest BCUT2D eigenvalue weighted by atomic mass is 32.2. The molecule has 1 N–H and O–H groups in total. The minimum atomic E-state index is 0.542. The SMILES string of the molecule is CCN(CC)CCSC1CC(C)(C)CCC1NC. The van der Waals surface area contributed by atoms with Gasteiger partial charge in [0.05, 0.1) is 0 Å². The summed E-state index contributed by atoms with van der Waals surface area (Å²) in [5.74, 6) is 1.28. The summed E-state index contributed by atoms with van der Waals surface area (Å²) in [6, 6.07) is 0.722. The van der Waals surface area contributed by atoms with Crippen LogP contribution < -0.4 is 5.32 Å². The molecular weight excluding hydrogens is 240 g/mol. The molecule has 3 heteroatoms. The van der Waals surface area contributed by atoms with Crippen LogP contribution in [0.3, 0.4) is 0 Å². The van der Waals surface area contributed by atoms with Crippen molar-refractivity contribution in [1.82, 2.24) is 10.2 Å². The maximum absolute atomic E-state index is 3.52. The molecule has 0 spiro atoms. The van der Waals surface area contributed by atoms with Crippen LogP contribution in [0.15, 0.2) is 0 Å². The second kappa shape index (κ2) is 7.76. The smallest absolute Gasteiger partial charge is 0.0206 e. The lowest BCUT2D eigenvalue weighted by Crippen LogP contribution is -2.43. The molecule has 1 fully saturated rings. The van der Waals surface area contributed by atoms with E-state index in [1.807, 2.05) is 0 Å². The molecule has 0 aromatic rings. The first-order chi connectivity index (χ1) is 8.52. The number of rotatable bonds is 7. The van der Waals surface area contributed by atoms with Gasteiger partial charge in [-0.25, -0.2) is 0 Å². The van der Waals surface area contributed by atoms with Crippen molar-refractivity contribution in [2.45, 2.75) is 58.2 Å². The van der Waals surface area contributed by atoms with Crippen LogP contribution in [-0.2, 0) is 0 Å². The molecule has 0 saturated heterocycles. The number of hydrogen-bond donors (Lipinski definition) is 1. The van der Waals surface area contributed by atoms with Gasteiger partial charge in [0.1, 0.15) is 0 Å². The molecule has 2 atom stereocenters.